The number of aliphatic hydroxyl groups excluding tert-OH is 1. The van der Waals surface area contributed by atoms with Crippen LogP contribution in [0.5, 0.6) is 0 Å². The Morgan fingerprint density at radius 3 is 2.15 bits per heavy atom. The van der Waals surface area contributed by atoms with Gasteiger partial charge < -0.3 is 15.5 Å². The van der Waals surface area contributed by atoms with Gasteiger partial charge >= 0.3 is 6.18 Å². The van der Waals surface area contributed by atoms with Gasteiger partial charge in [-0.3, -0.25) is 4.79 Å². The second kappa shape index (κ2) is 12.4. The van der Waals surface area contributed by atoms with E-state index in [1.54, 1.807) is 19.9 Å². The van der Waals surface area contributed by atoms with Crippen LogP contribution in [0.1, 0.15) is 44.4 Å². The molecule has 0 aromatic heterocycles. The number of alkyl halides is 3. The summed E-state index contributed by atoms with van der Waals surface area (Å²) in [6.07, 6.45) is -3.43. The first-order valence-electron chi connectivity index (χ1n) is 9.96. The average Bonchev–Trinajstić information content (AvgIpc) is 2.78. The molecule has 0 aliphatic carbocycles. The van der Waals surface area contributed by atoms with Crippen molar-refractivity contribution < 1.29 is 43.2 Å². The number of halogens is 3. The van der Waals surface area contributed by atoms with Crippen LogP contribution in [0.15, 0.2) is 70.9 Å². The van der Waals surface area contributed by atoms with Crippen LogP contribution in [0.3, 0.4) is 0 Å². The molecule has 0 fully saturated rings. The van der Waals surface area contributed by atoms with Crippen LogP contribution in [0, 0.1) is 6.07 Å². The van der Waals surface area contributed by atoms with Crippen LogP contribution < -0.4 is 0 Å². The number of aliphatic imine (C=N–C) groups is 1. The minimum atomic E-state index is -4.39. The Kier molecular flexibility index (Phi) is 10.6. The summed E-state index contributed by atoms with van der Waals surface area (Å²) in [7, 11) is 0. The third-order valence-electron chi connectivity index (χ3n) is 4.95. The molecule has 3 rings (SSSR count). The number of aliphatic hydroxyl groups is 1. The van der Waals surface area contributed by atoms with E-state index in [4.69, 9.17) is 5.11 Å². The second-order valence-electron chi connectivity index (χ2n) is 7.31. The van der Waals surface area contributed by atoms with Gasteiger partial charge in [0.2, 0.25) is 0 Å². The van der Waals surface area contributed by atoms with Crippen molar-refractivity contribution in [2.24, 2.45) is 4.99 Å². The van der Waals surface area contributed by atoms with Crippen molar-refractivity contribution in [1.82, 2.24) is 0 Å². The van der Waals surface area contributed by atoms with Gasteiger partial charge in [-0.25, -0.2) is 0 Å². The molecule has 34 heavy (non-hydrogen) atoms. The van der Waals surface area contributed by atoms with Gasteiger partial charge in [-0.05, 0) is 43.0 Å². The molecular formula is C26H23F3IrN2O2-2. The van der Waals surface area contributed by atoms with E-state index in [1.807, 2.05) is 30.3 Å². The van der Waals surface area contributed by atoms with Crippen molar-refractivity contribution in [2.45, 2.75) is 33.9 Å². The summed E-state index contributed by atoms with van der Waals surface area (Å²) in [5.41, 5.74) is 1.75. The topological polar surface area (TPSA) is 72.0 Å². The Hall–Kier alpha value is -3.09. The van der Waals surface area contributed by atoms with Crippen molar-refractivity contribution in [1.29, 1.82) is 0 Å². The van der Waals surface area contributed by atoms with Gasteiger partial charge in [0.15, 0.2) is 5.78 Å². The first-order chi connectivity index (χ1) is 15.5. The molecule has 1 N–H and O–H groups in total. The number of carbonyl (C=O) groups excluding carboxylic acids is 1. The average molecular weight is 645 g/mol. The first-order valence-corrected chi connectivity index (χ1v) is 9.96. The van der Waals surface area contributed by atoms with Gasteiger partial charge in [-0.15, -0.1) is 29.8 Å². The van der Waals surface area contributed by atoms with Crippen molar-refractivity contribution in [2.75, 3.05) is 0 Å². The Morgan fingerprint density at radius 2 is 1.68 bits per heavy atom. The molecule has 0 bridgehead atoms. The molecule has 8 heteroatoms. The molecule has 0 amide bonds. The van der Waals surface area contributed by atoms with Crippen molar-refractivity contribution in [3.63, 3.8) is 0 Å². The van der Waals surface area contributed by atoms with E-state index >= 15 is 0 Å². The Labute approximate surface area is 210 Å². The third-order valence-corrected chi connectivity index (χ3v) is 4.95. The molecule has 3 aromatic carbocycles. The number of hydrogen-bond donors (Lipinski definition) is 1. The number of hydrogen-bond acceptors (Lipinski definition) is 3. The Balaban J connectivity index is 0.000000556. The summed E-state index contributed by atoms with van der Waals surface area (Å²) in [5, 5.41) is 19.9. The molecule has 181 valence electrons. The monoisotopic (exact) mass is 645 g/mol. The van der Waals surface area contributed by atoms with Gasteiger partial charge in [0.25, 0.3) is 0 Å². The van der Waals surface area contributed by atoms with Crippen LogP contribution in [0.2, 0.25) is 0 Å². The maximum Gasteiger partial charge on any atom is 0.381 e. The molecule has 4 nitrogen and oxygen atoms in total. The van der Waals surface area contributed by atoms with Crippen LogP contribution in [0.4, 0.5) is 18.9 Å². The minimum Gasteiger partial charge on any atom is -0.810 e. The zero-order valence-electron chi connectivity index (χ0n) is 19.0. The minimum absolute atomic E-state index is 0. The zero-order chi connectivity index (χ0) is 24.8. The van der Waals surface area contributed by atoms with E-state index in [0.29, 0.717) is 28.1 Å². The Morgan fingerprint density at radius 1 is 1.03 bits per heavy atom. The fourth-order valence-corrected chi connectivity index (χ4v) is 2.81. The molecule has 3 aromatic rings. The molecule has 0 unspecified atom stereocenters. The number of ketones is 1. The molecule has 0 heterocycles. The van der Waals surface area contributed by atoms with Gasteiger partial charge in [0.1, 0.15) is 0 Å². The Bertz CT molecular complexity index is 1230. The largest absolute Gasteiger partial charge is 0.810 e. The molecule has 0 saturated heterocycles. The van der Waals surface area contributed by atoms with Gasteiger partial charge in [0, 0.05) is 31.1 Å². The number of rotatable bonds is 4. The quantitative estimate of drug-likeness (QED) is 0.141. The maximum absolute atomic E-state index is 12.7. The third kappa shape index (κ3) is 7.47. The molecule has 0 atom stereocenters. The molecule has 0 aliphatic heterocycles. The van der Waals surface area contributed by atoms with E-state index in [0.717, 1.165) is 29.1 Å². The first kappa shape index (κ1) is 28.9. The predicted molar refractivity (Wildman–Crippen MR) is 126 cm³/mol. The van der Waals surface area contributed by atoms with Gasteiger partial charge in [-0.2, -0.15) is 19.4 Å². The smallest absolute Gasteiger partial charge is 0.381 e. The summed E-state index contributed by atoms with van der Waals surface area (Å²) in [6.45, 7) is 6.21. The standard InChI is InChI=1S/C20H13F3N2.C6H10O2.Ir/c1-13(14-8-10-17(11-9-14)20(21,22)23)25-19-16(12-24)7-6-15-4-2-3-5-18(15)19;1-4(5(2)7)6(3)8;/h2-8,10-12H,1H3;7H,1-3H3;/q-2;;/b;5-4-;. The molecule has 0 spiro atoms. The molecule has 0 aliphatic rings. The second-order valence-corrected chi connectivity index (χ2v) is 7.31. The van der Waals surface area contributed by atoms with Crippen molar-refractivity contribution in [3.05, 3.63) is 94.1 Å². The number of allylic oxidation sites excluding steroid dienone is 2. The van der Waals surface area contributed by atoms with Crippen LogP contribution >= 0.6 is 0 Å². The fraction of sp³-hybridized carbons (Fsp3) is 0.192. The van der Waals surface area contributed by atoms with E-state index < -0.39 is 11.7 Å². The number of nitrogens with zero attached hydrogens (tertiary/aromatic N) is 2. The van der Waals surface area contributed by atoms with Crippen molar-refractivity contribution >= 4 is 34.2 Å². The SMILES string of the molecule is CC(=Nc1c(C=[N-])ccc2ccccc12)c1[c-]cc(C(F)(F)F)cc1.CC(=O)/C(C)=C(/C)O.[Ir]. The van der Waals surface area contributed by atoms with Gasteiger partial charge in [0.05, 0.1) is 11.4 Å². The maximum atomic E-state index is 12.7. The number of benzene rings is 3. The number of Topliss-reactive ketones (excluding diaryl/α,β-unsaturated/α-hetero) is 1. The molecular weight excluding hydrogens is 622 g/mol. The van der Waals surface area contributed by atoms with Crippen LogP contribution in [-0.4, -0.2) is 22.8 Å². The van der Waals surface area contributed by atoms with Crippen molar-refractivity contribution in [3.8, 4) is 0 Å². The summed E-state index contributed by atoms with van der Waals surface area (Å²) in [4.78, 5) is 14.9. The van der Waals surface area contributed by atoms with E-state index in [2.05, 4.69) is 11.1 Å². The van der Waals surface area contributed by atoms with Crippen LogP contribution in [-0.2, 0) is 31.1 Å². The summed E-state index contributed by atoms with van der Waals surface area (Å²) >= 11 is 0. The fourth-order valence-electron chi connectivity index (χ4n) is 2.81. The number of fused-ring (bicyclic) bond motifs is 1. The summed E-state index contributed by atoms with van der Waals surface area (Å²) < 4.78 is 38.0. The van der Waals surface area contributed by atoms with E-state index in [1.165, 1.54) is 19.9 Å². The van der Waals surface area contributed by atoms with Crippen LogP contribution in [0.25, 0.3) is 16.2 Å². The van der Waals surface area contributed by atoms with E-state index in [-0.39, 0.29) is 31.6 Å². The number of carbonyl (C=O) groups is 1. The normalized spacial score (nSPS) is 12.1. The zero-order valence-corrected chi connectivity index (χ0v) is 21.4. The predicted octanol–water partition coefficient (Wildman–Crippen LogP) is 7.21. The summed E-state index contributed by atoms with van der Waals surface area (Å²) in [6, 6.07) is 17.1. The van der Waals surface area contributed by atoms with E-state index in [9.17, 15) is 23.4 Å². The molecule has 0 saturated carbocycles. The molecule has 1 radical (unpaired) electrons. The summed E-state index contributed by atoms with van der Waals surface area (Å²) in [5.74, 6) is 0.0301. The van der Waals surface area contributed by atoms with Gasteiger partial charge in [-0.1, -0.05) is 43.3 Å².